The van der Waals surface area contributed by atoms with Crippen molar-refractivity contribution >= 4 is 23.1 Å². The second kappa shape index (κ2) is 9.00. The van der Waals surface area contributed by atoms with Gasteiger partial charge in [0.1, 0.15) is 23.1 Å². The van der Waals surface area contributed by atoms with E-state index in [9.17, 15) is 14.7 Å². The minimum Gasteiger partial charge on any atom is -0.505 e. The Morgan fingerprint density at radius 3 is 2.66 bits per heavy atom. The predicted molar refractivity (Wildman–Crippen MR) is 120 cm³/mol. The molecule has 0 saturated carbocycles. The SMILES string of the molecule is CCN(CC)CCCN1C(=O)C(=O)/C(=C(/O)c2c(C)nc3ccccn23)[C@H]1c1ccco1. The second-order valence-electron chi connectivity index (χ2n) is 7.86. The van der Waals surface area contributed by atoms with Crippen LogP contribution in [0.25, 0.3) is 11.4 Å². The standard InChI is InChI=1S/C24H28N4O4/c1-4-26(5-2)12-9-14-28-21(17-10-8-15-32-17)19(23(30)24(28)31)22(29)20-16(3)25-18-11-6-7-13-27(18)20/h6-8,10-11,13,15,21,29H,4-5,9,12,14H2,1-3H3/b22-19+/t21-/m1/s1. The number of aromatic nitrogens is 2. The molecule has 1 saturated heterocycles. The molecule has 1 amide bonds. The molecule has 3 aromatic heterocycles. The van der Waals surface area contributed by atoms with Crippen LogP contribution in [-0.2, 0) is 9.59 Å². The van der Waals surface area contributed by atoms with Gasteiger partial charge in [0.15, 0.2) is 5.76 Å². The number of aryl methyl sites for hydroxylation is 1. The maximum Gasteiger partial charge on any atom is 0.295 e. The van der Waals surface area contributed by atoms with E-state index in [1.165, 1.54) is 11.2 Å². The number of ketones is 1. The molecule has 1 aliphatic heterocycles. The van der Waals surface area contributed by atoms with Crippen LogP contribution in [0.5, 0.6) is 0 Å². The lowest BCUT2D eigenvalue weighted by Gasteiger charge is -2.25. The van der Waals surface area contributed by atoms with Gasteiger partial charge >= 0.3 is 0 Å². The van der Waals surface area contributed by atoms with Crippen LogP contribution in [0.3, 0.4) is 0 Å². The Labute approximate surface area is 186 Å². The lowest BCUT2D eigenvalue weighted by Crippen LogP contribution is -2.33. The fraction of sp³-hybridized carbons (Fsp3) is 0.375. The number of likely N-dealkylation sites (tertiary alicyclic amines) is 1. The number of hydrogen-bond acceptors (Lipinski definition) is 6. The number of furan rings is 1. The molecule has 8 heteroatoms. The third kappa shape index (κ3) is 3.71. The molecular formula is C24H28N4O4. The van der Waals surface area contributed by atoms with Gasteiger partial charge in [-0.25, -0.2) is 4.98 Å². The van der Waals surface area contributed by atoms with Crippen molar-refractivity contribution in [1.29, 1.82) is 0 Å². The number of rotatable bonds is 8. The number of hydrogen-bond donors (Lipinski definition) is 1. The Hall–Kier alpha value is -3.39. The first kappa shape index (κ1) is 21.8. The lowest BCUT2D eigenvalue weighted by molar-refractivity contribution is -0.140. The lowest BCUT2D eigenvalue weighted by atomic mass is 10.0. The molecule has 4 heterocycles. The van der Waals surface area contributed by atoms with Crippen molar-refractivity contribution in [2.24, 2.45) is 0 Å². The zero-order valence-corrected chi connectivity index (χ0v) is 18.6. The van der Waals surface area contributed by atoms with Crippen molar-refractivity contribution < 1.29 is 19.1 Å². The summed E-state index contributed by atoms with van der Waals surface area (Å²) in [6.45, 7) is 9.00. The van der Waals surface area contributed by atoms with Crippen LogP contribution in [0.15, 0.2) is 52.8 Å². The Kier molecular flexibility index (Phi) is 6.14. The van der Waals surface area contributed by atoms with E-state index in [1.807, 2.05) is 18.2 Å². The molecular weight excluding hydrogens is 408 g/mol. The number of pyridine rings is 1. The van der Waals surface area contributed by atoms with Gasteiger partial charge in [0.25, 0.3) is 11.7 Å². The highest BCUT2D eigenvalue weighted by Crippen LogP contribution is 2.40. The summed E-state index contributed by atoms with van der Waals surface area (Å²) >= 11 is 0. The van der Waals surface area contributed by atoms with E-state index in [0.29, 0.717) is 35.8 Å². The average Bonchev–Trinajstić information content (AvgIpc) is 3.49. The van der Waals surface area contributed by atoms with E-state index in [-0.39, 0.29) is 11.3 Å². The molecule has 0 aromatic carbocycles. The maximum absolute atomic E-state index is 13.1. The number of carbonyl (C=O) groups excluding carboxylic acids is 2. The van der Waals surface area contributed by atoms with Gasteiger partial charge < -0.3 is 19.3 Å². The van der Waals surface area contributed by atoms with Gasteiger partial charge in [0, 0.05) is 12.7 Å². The third-order valence-electron chi connectivity index (χ3n) is 6.05. The Bertz CT molecular complexity index is 1160. The summed E-state index contributed by atoms with van der Waals surface area (Å²) in [5.74, 6) is -1.14. The zero-order chi connectivity index (χ0) is 22.8. The zero-order valence-electron chi connectivity index (χ0n) is 18.6. The Morgan fingerprint density at radius 1 is 1.19 bits per heavy atom. The summed E-state index contributed by atoms with van der Waals surface area (Å²) in [5.41, 5.74) is 1.65. The van der Waals surface area contributed by atoms with Crippen molar-refractivity contribution in [3.05, 3.63) is 65.5 Å². The highest BCUT2D eigenvalue weighted by molar-refractivity contribution is 6.46. The number of carbonyl (C=O) groups is 2. The number of amides is 1. The first-order chi connectivity index (χ1) is 15.5. The molecule has 32 heavy (non-hydrogen) atoms. The molecule has 4 rings (SSSR count). The number of nitrogens with zero attached hydrogens (tertiary/aromatic N) is 4. The van der Waals surface area contributed by atoms with Crippen molar-refractivity contribution in [3.63, 3.8) is 0 Å². The van der Waals surface area contributed by atoms with Crippen molar-refractivity contribution in [1.82, 2.24) is 19.2 Å². The van der Waals surface area contributed by atoms with Crippen molar-refractivity contribution in [3.8, 4) is 0 Å². The van der Waals surface area contributed by atoms with Crippen LogP contribution in [0.4, 0.5) is 0 Å². The Morgan fingerprint density at radius 2 is 1.97 bits per heavy atom. The summed E-state index contributed by atoms with van der Waals surface area (Å²) in [4.78, 5) is 34.4. The topological polar surface area (TPSA) is 91.3 Å². The molecule has 1 aliphatic rings. The van der Waals surface area contributed by atoms with E-state index in [4.69, 9.17) is 4.42 Å². The summed E-state index contributed by atoms with van der Waals surface area (Å²) < 4.78 is 7.33. The van der Waals surface area contributed by atoms with E-state index < -0.39 is 17.7 Å². The highest BCUT2D eigenvalue weighted by Gasteiger charge is 2.47. The number of imidazole rings is 1. The van der Waals surface area contributed by atoms with Crippen LogP contribution in [0, 0.1) is 6.92 Å². The van der Waals surface area contributed by atoms with E-state index in [1.54, 1.807) is 29.7 Å². The average molecular weight is 437 g/mol. The minimum atomic E-state index is -0.782. The van der Waals surface area contributed by atoms with Crippen LogP contribution in [0.2, 0.25) is 0 Å². The molecule has 0 spiro atoms. The molecule has 1 atom stereocenters. The molecule has 0 bridgehead atoms. The fourth-order valence-corrected chi connectivity index (χ4v) is 4.38. The molecule has 3 aromatic rings. The van der Waals surface area contributed by atoms with Crippen molar-refractivity contribution in [2.75, 3.05) is 26.2 Å². The second-order valence-corrected chi connectivity index (χ2v) is 7.86. The van der Waals surface area contributed by atoms with Crippen LogP contribution in [-0.4, -0.2) is 62.2 Å². The molecule has 1 N–H and O–H groups in total. The van der Waals surface area contributed by atoms with Crippen molar-refractivity contribution in [2.45, 2.75) is 33.2 Å². The van der Waals surface area contributed by atoms with Crippen LogP contribution >= 0.6 is 0 Å². The maximum atomic E-state index is 13.1. The van der Waals surface area contributed by atoms with Gasteiger partial charge in [0.2, 0.25) is 0 Å². The van der Waals surface area contributed by atoms with E-state index >= 15 is 0 Å². The number of fused-ring (bicyclic) bond motifs is 1. The van der Waals surface area contributed by atoms with Gasteiger partial charge in [-0.05, 0) is 57.2 Å². The number of Topliss-reactive ketones (excluding diaryl/α,β-unsaturated/α-hetero) is 1. The minimum absolute atomic E-state index is 0.0292. The molecule has 1 fully saturated rings. The van der Waals surface area contributed by atoms with Crippen LogP contribution in [0.1, 0.15) is 43.5 Å². The summed E-state index contributed by atoms with van der Waals surface area (Å²) in [5, 5.41) is 11.3. The predicted octanol–water partition coefficient (Wildman–Crippen LogP) is 3.39. The monoisotopic (exact) mass is 436 g/mol. The molecule has 168 valence electrons. The Balaban J connectivity index is 1.77. The first-order valence-electron chi connectivity index (χ1n) is 11.0. The van der Waals surface area contributed by atoms with Gasteiger partial charge in [-0.2, -0.15) is 0 Å². The summed E-state index contributed by atoms with van der Waals surface area (Å²) in [7, 11) is 0. The highest BCUT2D eigenvalue weighted by atomic mass is 16.3. The smallest absolute Gasteiger partial charge is 0.295 e. The fourth-order valence-electron chi connectivity index (χ4n) is 4.38. The molecule has 8 nitrogen and oxygen atoms in total. The molecule has 0 aliphatic carbocycles. The van der Waals surface area contributed by atoms with Gasteiger partial charge in [-0.15, -0.1) is 0 Å². The van der Waals surface area contributed by atoms with Gasteiger partial charge in [-0.1, -0.05) is 19.9 Å². The van der Waals surface area contributed by atoms with Gasteiger partial charge in [0.05, 0.1) is 17.5 Å². The first-order valence-corrected chi connectivity index (χ1v) is 11.0. The number of aliphatic hydroxyl groups excluding tert-OH is 1. The molecule has 0 radical (unpaired) electrons. The summed E-state index contributed by atoms with van der Waals surface area (Å²) in [6, 6.07) is 8.15. The molecule has 0 unspecified atom stereocenters. The number of aliphatic hydroxyl groups is 1. The largest absolute Gasteiger partial charge is 0.505 e. The normalized spacial score (nSPS) is 18.4. The van der Waals surface area contributed by atoms with Crippen LogP contribution < -0.4 is 0 Å². The van der Waals surface area contributed by atoms with E-state index in [0.717, 1.165) is 19.6 Å². The quantitative estimate of drug-likeness (QED) is 0.331. The van der Waals surface area contributed by atoms with E-state index in [2.05, 4.69) is 23.7 Å². The summed E-state index contributed by atoms with van der Waals surface area (Å²) in [6.07, 6.45) is 3.98. The van der Waals surface area contributed by atoms with Gasteiger partial charge in [-0.3, -0.25) is 14.0 Å². The third-order valence-corrected chi connectivity index (χ3v) is 6.05.